The predicted molar refractivity (Wildman–Crippen MR) is 115 cm³/mol. The molecule has 4 aromatic rings. The lowest BCUT2D eigenvalue weighted by Gasteiger charge is -2.05. The van der Waals surface area contributed by atoms with Crippen LogP contribution in [0.5, 0.6) is 0 Å². The van der Waals surface area contributed by atoms with Gasteiger partial charge in [-0.05, 0) is 52.4 Å². The van der Waals surface area contributed by atoms with Crippen LogP contribution in [0.3, 0.4) is 0 Å². The number of anilines is 1. The van der Waals surface area contributed by atoms with E-state index in [2.05, 4.69) is 25.8 Å². The second-order valence-electron chi connectivity index (χ2n) is 6.05. The van der Waals surface area contributed by atoms with Gasteiger partial charge in [-0.25, -0.2) is 9.67 Å². The summed E-state index contributed by atoms with van der Waals surface area (Å²) >= 11 is 9.18. The number of hydrogen-bond acceptors (Lipinski definition) is 7. The van der Waals surface area contributed by atoms with E-state index in [0.29, 0.717) is 5.69 Å². The summed E-state index contributed by atoms with van der Waals surface area (Å²) in [6.45, 7) is 0. The Kier molecular flexibility index (Phi) is 6.18. The molecule has 0 aliphatic rings. The third kappa shape index (κ3) is 5.41. The molecule has 0 atom stereocenters. The van der Waals surface area contributed by atoms with Gasteiger partial charge in [0.15, 0.2) is 0 Å². The fourth-order valence-corrected chi connectivity index (χ4v) is 4.55. The molecule has 2 aromatic heterocycles. The zero-order valence-corrected chi connectivity index (χ0v) is 17.4. The quantitative estimate of drug-likeness (QED) is 0.431. The smallest absolute Gasteiger partial charge is 0.230 e. The van der Waals surface area contributed by atoms with Gasteiger partial charge < -0.3 is 5.32 Å². The first-order valence-electron chi connectivity index (χ1n) is 8.61. The zero-order valence-electron chi connectivity index (χ0n) is 15.0. The zero-order chi connectivity index (χ0) is 20.1. The molecule has 0 fully saturated rings. The molecule has 0 aliphatic heterocycles. The number of carbonyl (C=O) groups is 1. The van der Waals surface area contributed by atoms with Crippen LogP contribution in [0.25, 0.3) is 5.69 Å². The third-order valence-corrected chi connectivity index (χ3v) is 6.26. The number of tetrazole rings is 1. The summed E-state index contributed by atoms with van der Waals surface area (Å²) in [5.74, 6) is 0.671. The minimum atomic E-state index is -0.114. The summed E-state index contributed by atoms with van der Waals surface area (Å²) in [7, 11) is 0. The molecule has 1 N–H and O–H groups in total. The van der Waals surface area contributed by atoms with Gasteiger partial charge in [0.05, 0.1) is 17.8 Å². The SMILES string of the molecule is O=C(Cc1csc(SCc2cccc(Cl)c2)n1)Nc1ccc(-n2cnnn2)cc1. The standard InChI is InChI=1S/C19H15ClN6OS2/c20-14-3-1-2-13(8-14)10-28-19-23-16(11-29-19)9-18(27)22-15-4-6-17(7-5-15)26-12-21-24-25-26/h1-8,11-12H,9-10H2,(H,22,27). The van der Waals surface area contributed by atoms with Crippen molar-refractivity contribution in [2.24, 2.45) is 0 Å². The number of benzene rings is 2. The van der Waals surface area contributed by atoms with Crippen LogP contribution in [-0.4, -0.2) is 31.1 Å². The average Bonchev–Trinajstić information content (AvgIpc) is 3.39. The molecule has 0 saturated carbocycles. The Labute approximate surface area is 180 Å². The van der Waals surface area contributed by atoms with Gasteiger partial charge in [-0.2, -0.15) is 0 Å². The number of rotatable bonds is 7. The first-order valence-corrected chi connectivity index (χ1v) is 10.8. The van der Waals surface area contributed by atoms with Gasteiger partial charge in [0.1, 0.15) is 10.7 Å². The fraction of sp³-hybridized carbons (Fsp3) is 0.105. The van der Waals surface area contributed by atoms with E-state index >= 15 is 0 Å². The number of nitrogens with zero attached hydrogens (tertiary/aromatic N) is 5. The monoisotopic (exact) mass is 442 g/mol. The van der Waals surface area contributed by atoms with E-state index in [1.807, 2.05) is 53.9 Å². The van der Waals surface area contributed by atoms with E-state index in [1.54, 1.807) is 16.4 Å². The molecular formula is C19H15ClN6OS2. The van der Waals surface area contributed by atoms with Gasteiger partial charge in [0.2, 0.25) is 5.91 Å². The molecule has 2 aromatic carbocycles. The lowest BCUT2D eigenvalue weighted by atomic mass is 10.2. The van der Waals surface area contributed by atoms with Crippen molar-refractivity contribution in [2.45, 2.75) is 16.5 Å². The van der Waals surface area contributed by atoms with E-state index in [4.69, 9.17) is 11.6 Å². The van der Waals surface area contributed by atoms with Crippen LogP contribution in [0.15, 0.2) is 64.6 Å². The Morgan fingerprint density at radius 3 is 2.83 bits per heavy atom. The number of thiazole rings is 1. The summed E-state index contributed by atoms with van der Waals surface area (Å²) in [6.07, 6.45) is 1.74. The van der Waals surface area contributed by atoms with Crippen molar-refractivity contribution in [3.8, 4) is 5.69 Å². The molecule has 0 saturated heterocycles. The minimum Gasteiger partial charge on any atom is -0.326 e. The topological polar surface area (TPSA) is 85.6 Å². The van der Waals surface area contributed by atoms with Crippen LogP contribution < -0.4 is 5.32 Å². The van der Waals surface area contributed by atoms with Gasteiger partial charge >= 0.3 is 0 Å². The molecule has 4 rings (SSSR count). The summed E-state index contributed by atoms with van der Waals surface area (Å²) < 4.78 is 2.47. The molecule has 29 heavy (non-hydrogen) atoms. The third-order valence-electron chi connectivity index (χ3n) is 3.89. The van der Waals surface area contributed by atoms with Crippen LogP contribution in [0, 0.1) is 0 Å². The molecule has 2 heterocycles. The Morgan fingerprint density at radius 1 is 1.21 bits per heavy atom. The average molecular weight is 443 g/mol. The van der Waals surface area contributed by atoms with Crippen molar-refractivity contribution in [3.63, 3.8) is 0 Å². The van der Waals surface area contributed by atoms with Crippen molar-refractivity contribution in [2.75, 3.05) is 5.32 Å². The van der Waals surface area contributed by atoms with Crippen LogP contribution in [0.2, 0.25) is 5.02 Å². The Morgan fingerprint density at radius 2 is 2.07 bits per heavy atom. The van der Waals surface area contributed by atoms with Crippen molar-refractivity contribution in [3.05, 3.63) is 76.5 Å². The summed E-state index contributed by atoms with van der Waals surface area (Å²) in [4.78, 5) is 16.9. The molecule has 146 valence electrons. The molecule has 0 aliphatic carbocycles. The van der Waals surface area contributed by atoms with E-state index in [-0.39, 0.29) is 12.3 Å². The van der Waals surface area contributed by atoms with Gasteiger partial charge in [0.25, 0.3) is 0 Å². The van der Waals surface area contributed by atoms with Crippen molar-refractivity contribution in [1.82, 2.24) is 25.2 Å². The molecule has 0 radical (unpaired) electrons. The first-order chi connectivity index (χ1) is 14.2. The maximum atomic E-state index is 12.3. The Hall–Kier alpha value is -2.75. The number of nitrogens with one attached hydrogen (secondary N) is 1. The normalized spacial score (nSPS) is 10.8. The Bertz CT molecular complexity index is 1100. The molecule has 1 amide bonds. The van der Waals surface area contributed by atoms with Crippen molar-refractivity contribution in [1.29, 1.82) is 0 Å². The highest BCUT2D eigenvalue weighted by Gasteiger charge is 2.09. The molecule has 10 heteroatoms. The van der Waals surface area contributed by atoms with Crippen molar-refractivity contribution < 1.29 is 4.79 Å². The highest BCUT2D eigenvalue weighted by atomic mass is 35.5. The number of thioether (sulfide) groups is 1. The van der Waals surface area contributed by atoms with Crippen LogP contribution >= 0.6 is 34.7 Å². The van der Waals surface area contributed by atoms with E-state index in [9.17, 15) is 4.79 Å². The number of carbonyl (C=O) groups excluding carboxylic acids is 1. The summed E-state index contributed by atoms with van der Waals surface area (Å²) in [5.41, 5.74) is 3.42. The van der Waals surface area contributed by atoms with Gasteiger partial charge in [-0.15, -0.1) is 16.4 Å². The lowest BCUT2D eigenvalue weighted by Crippen LogP contribution is -2.14. The Balaban J connectivity index is 1.30. The number of amides is 1. The van der Waals surface area contributed by atoms with Gasteiger partial charge in [-0.3, -0.25) is 4.79 Å². The molecule has 7 nitrogen and oxygen atoms in total. The summed E-state index contributed by atoms with van der Waals surface area (Å²) in [5, 5.41) is 16.6. The largest absolute Gasteiger partial charge is 0.326 e. The fourth-order valence-electron chi connectivity index (χ4n) is 2.55. The van der Waals surface area contributed by atoms with Gasteiger partial charge in [-0.1, -0.05) is 35.5 Å². The van der Waals surface area contributed by atoms with E-state index < -0.39 is 0 Å². The molecule has 0 unspecified atom stereocenters. The van der Waals surface area contributed by atoms with Gasteiger partial charge in [0, 0.05) is 21.8 Å². The highest BCUT2D eigenvalue weighted by molar-refractivity contribution is 8.00. The maximum absolute atomic E-state index is 12.3. The van der Waals surface area contributed by atoms with Crippen molar-refractivity contribution >= 4 is 46.3 Å². The lowest BCUT2D eigenvalue weighted by molar-refractivity contribution is -0.115. The number of halogens is 1. The van der Waals surface area contributed by atoms with E-state index in [0.717, 1.165) is 32.1 Å². The number of hydrogen-bond donors (Lipinski definition) is 1. The van der Waals surface area contributed by atoms with Crippen LogP contribution in [0.1, 0.15) is 11.3 Å². The van der Waals surface area contributed by atoms with Crippen LogP contribution in [0.4, 0.5) is 5.69 Å². The molecule has 0 bridgehead atoms. The maximum Gasteiger partial charge on any atom is 0.230 e. The summed E-state index contributed by atoms with van der Waals surface area (Å²) in [6, 6.07) is 15.1. The second kappa shape index (κ2) is 9.17. The minimum absolute atomic E-state index is 0.114. The molecule has 0 spiro atoms. The van der Waals surface area contributed by atoms with Crippen LogP contribution in [-0.2, 0) is 17.0 Å². The molecular weight excluding hydrogens is 428 g/mol. The second-order valence-corrected chi connectivity index (χ2v) is 8.57. The number of aromatic nitrogens is 5. The predicted octanol–water partition coefficient (Wildman–Crippen LogP) is 4.25. The van der Waals surface area contributed by atoms with E-state index in [1.165, 1.54) is 17.7 Å². The first kappa shape index (κ1) is 19.6. The highest BCUT2D eigenvalue weighted by Crippen LogP contribution is 2.27.